The van der Waals surface area contributed by atoms with Crippen LogP contribution in [-0.4, -0.2) is 35.3 Å². The van der Waals surface area contributed by atoms with Crippen molar-refractivity contribution in [2.24, 2.45) is 0 Å². The molecule has 0 saturated heterocycles. The highest BCUT2D eigenvalue weighted by Gasteiger charge is 2.35. The number of amides is 1. The van der Waals surface area contributed by atoms with E-state index in [9.17, 15) is 9.59 Å². The van der Waals surface area contributed by atoms with Crippen molar-refractivity contribution in [3.8, 4) is 5.75 Å². The summed E-state index contributed by atoms with van der Waals surface area (Å²) in [5, 5.41) is 6.30. The van der Waals surface area contributed by atoms with Crippen LogP contribution in [-0.2, 0) is 22.5 Å². The van der Waals surface area contributed by atoms with Crippen LogP contribution < -0.4 is 15.4 Å². The van der Waals surface area contributed by atoms with Crippen molar-refractivity contribution < 1.29 is 23.8 Å². The Morgan fingerprint density at radius 2 is 1.84 bits per heavy atom. The lowest BCUT2D eigenvalue weighted by Crippen LogP contribution is -2.35. The van der Waals surface area contributed by atoms with Crippen molar-refractivity contribution in [2.45, 2.75) is 58.8 Å². The van der Waals surface area contributed by atoms with Gasteiger partial charge in [0.25, 0.3) is 5.91 Å². The van der Waals surface area contributed by atoms with Crippen molar-refractivity contribution >= 4 is 45.5 Å². The van der Waals surface area contributed by atoms with Gasteiger partial charge in [-0.3, -0.25) is 10.1 Å². The van der Waals surface area contributed by atoms with Crippen LogP contribution in [0, 0.1) is 0 Å². The number of nitrogens with one attached hydrogen (secondary N) is 2. The van der Waals surface area contributed by atoms with Gasteiger partial charge >= 0.3 is 5.97 Å². The van der Waals surface area contributed by atoms with Crippen LogP contribution >= 0.6 is 23.6 Å². The molecule has 0 aliphatic carbocycles. The average molecular weight is 477 g/mol. The lowest BCUT2D eigenvalue weighted by molar-refractivity contribution is -0.0386. The molecule has 1 aromatic carbocycles. The monoisotopic (exact) mass is 476 g/mol. The molecule has 0 saturated carbocycles. The van der Waals surface area contributed by atoms with Gasteiger partial charge in [0.1, 0.15) is 16.4 Å². The highest BCUT2D eigenvalue weighted by atomic mass is 32.1. The maximum atomic E-state index is 13.1. The first-order chi connectivity index (χ1) is 14.9. The molecule has 1 amide bonds. The Kier molecular flexibility index (Phi) is 6.92. The summed E-state index contributed by atoms with van der Waals surface area (Å²) in [4.78, 5) is 26.6. The molecule has 2 heterocycles. The second kappa shape index (κ2) is 9.17. The molecule has 0 spiro atoms. The molecule has 0 bridgehead atoms. The van der Waals surface area contributed by atoms with Gasteiger partial charge in [-0.25, -0.2) is 4.79 Å². The second-order valence-corrected chi connectivity index (χ2v) is 10.6. The number of hydrogen-bond donors (Lipinski definition) is 2. The zero-order valence-electron chi connectivity index (χ0n) is 19.1. The molecule has 32 heavy (non-hydrogen) atoms. The largest absolute Gasteiger partial charge is 0.497 e. The summed E-state index contributed by atoms with van der Waals surface area (Å²) in [5.74, 6) is -0.146. The predicted octanol–water partition coefficient (Wildman–Crippen LogP) is 4.69. The number of fused-ring (bicyclic) bond motifs is 1. The molecule has 1 aliphatic heterocycles. The zero-order valence-corrected chi connectivity index (χ0v) is 20.7. The predicted molar refractivity (Wildman–Crippen MR) is 129 cm³/mol. The SMILES string of the molecule is COc1ccc(C(=O)NC(=S)Nc2sc3c(c2C(=O)OC(C)(C)C)CC(C)(C)OC3)cc1. The lowest BCUT2D eigenvalue weighted by atomic mass is 9.93. The summed E-state index contributed by atoms with van der Waals surface area (Å²) in [6, 6.07) is 6.68. The number of methoxy groups -OCH3 is 1. The van der Waals surface area contributed by atoms with E-state index in [0.717, 1.165) is 10.4 Å². The zero-order chi connectivity index (χ0) is 23.7. The normalized spacial score (nSPS) is 14.8. The van der Waals surface area contributed by atoms with Crippen LogP contribution in [0.4, 0.5) is 5.00 Å². The van der Waals surface area contributed by atoms with Gasteiger partial charge in [0, 0.05) is 16.9 Å². The minimum Gasteiger partial charge on any atom is -0.497 e. The molecular weight excluding hydrogens is 448 g/mol. The molecule has 0 radical (unpaired) electrons. The van der Waals surface area contributed by atoms with Crippen LogP contribution in [0.2, 0.25) is 0 Å². The van der Waals surface area contributed by atoms with Crippen molar-refractivity contribution in [1.82, 2.24) is 5.32 Å². The molecule has 1 aromatic heterocycles. The molecule has 0 fully saturated rings. The number of benzene rings is 1. The second-order valence-electron chi connectivity index (χ2n) is 9.07. The van der Waals surface area contributed by atoms with Crippen LogP contribution in [0.5, 0.6) is 5.75 Å². The molecule has 7 nitrogen and oxygen atoms in total. The number of ether oxygens (including phenoxy) is 3. The van der Waals surface area contributed by atoms with Gasteiger partial charge in [-0.2, -0.15) is 0 Å². The molecule has 0 unspecified atom stereocenters. The summed E-state index contributed by atoms with van der Waals surface area (Å²) in [5.41, 5.74) is 0.727. The van der Waals surface area contributed by atoms with Gasteiger partial charge < -0.3 is 19.5 Å². The number of anilines is 1. The van der Waals surface area contributed by atoms with Crippen LogP contribution in [0.15, 0.2) is 24.3 Å². The van der Waals surface area contributed by atoms with E-state index in [1.54, 1.807) is 31.4 Å². The van der Waals surface area contributed by atoms with E-state index in [1.165, 1.54) is 11.3 Å². The van der Waals surface area contributed by atoms with Gasteiger partial charge in [-0.15, -0.1) is 11.3 Å². The summed E-state index contributed by atoms with van der Waals surface area (Å²) >= 11 is 6.74. The van der Waals surface area contributed by atoms with E-state index in [2.05, 4.69) is 10.6 Å². The Labute approximate surface area is 197 Å². The third-order valence-corrected chi connectivity index (χ3v) is 6.02. The number of hydrogen-bond acceptors (Lipinski definition) is 7. The minimum atomic E-state index is -0.646. The van der Waals surface area contributed by atoms with E-state index >= 15 is 0 Å². The summed E-state index contributed by atoms with van der Waals surface area (Å²) < 4.78 is 16.7. The van der Waals surface area contributed by atoms with Gasteiger partial charge in [0.15, 0.2) is 5.11 Å². The number of thiophene rings is 1. The standard InChI is InChI=1S/C23H28N2O5S2/c1-22(2,3)30-20(27)17-15-11-23(4,5)29-12-16(15)32-19(17)25-21(31)24-18(26)13-7-9-14(28-6)10-8-13/h7-10H,11-12H2,1-6H3,(H2,24,25,26,31). The molecule has 1 aliphatic rings. The van der Waals surface area contributed by atoms with Gasteiger partial charge in [-0.05, 0) is 76.7 Å². The van der Waals surface area contributed by atoms with E-state index in [1.807, 2.05) is 34.6 Å². The summed E-state index contributed by atoms with van der Waals surface area (Å²) in [6.07, 6.45) is 0.570. The fourth-order valence-electron chi connectivity index (χ4n) is 3.24. The van der Waals surface area contributed by atoms with Gasteiger partial charge in [0.2, 0.25) is 0 Å². The van der Waals surface area contributed by atoms with Crippen molar-refractivity contribution in [2.75, 3.05) is 12.4 Å². The van der Waals surface area contributed by atoms with Gasteiger partial charge in [0.05, 0.1) is 24.9 Å². The Morgan fingerprint density at radius 3 is 2.44 bits per heavy atom. The Bertz CT molecular complexity index is 1040. The van der Waals surface area contributed by atoms with Crippen LogP contribution in [0.3, 0.4) is 0 Å². The van der Waals surface area contributed by atoms with E-state index in [-0.39, 0.29) is 11.0 Å². The van der Waals surface area contributed by atoms with Crippen LogP contribution in [0.25, 0.3) is 0 Å². The minimum absolute atomic E-state index is 0.0920. The number of carbonyl (C=O) groups excluding carboxylic acids is 2. The van der Waals surface area contributed by atoms with Crippen molar-refractivity contribution in [3.05, 3.63) is 45.8 Å². The first kappa shape index (κ1) is 24.2. The quantitative estimate of drug-likeness (QED) is 0.489. The third kappa shape index (κ3) is 5.85. The Morgan fingerprint density at radius 1 is 1.19 bits per heavy atom. The van der Waals surface area contributed by atoms with E-state index < -0.39 is 17.2 Å². The Hall–Kier alpha value is -2.49. The molecule has 2 aromatic rings. The summed E-state index contributed by atoms with van der Waals surface area (Å²) in [6.45, 7) is 9.84. The smallest absolute Gasteiger partial charge is 0.341 e. The highest BCUT2D eigenvalue weighted by molar-refractivity contribution is 7.80. The molecular formula is C23H28N2O5S2. The van der Waals surface area contributed by atoms with Crippen molar-refractivity contribution in [1.29, 1.82) is 0 Å². The maximum Gasteiger partial charge on any atom is 0.341 e. The van der Waals surface area contributed by atoms with Crippen molar-refractivity contribution in [3.63, 3.8) is 0 Å². The highest BCUT2D eigenvalue weighted by Crippen LogP contribution is 2.41. The maximum absolute atomic E-state index is 13.1. The number of esters is 1. The molecule has 172 valence electrons. The van der Waals surface area contributed by atoms with Crippen LogP contribution in [0.1, 0.15) is 65.8 Å². The molecule has 0 atom stereocenters. The fraction of sp³-hybridized carbons (Fsp3) is 0.435. The Balaban J connectivity index is 1.83. The summed E-state index contributed by atoms with van der Waals surface area (Å²) in [7, 11) is 1.56. The van der Waals surface area contributed by atoms with E-state index in [0.29, 0.717) is 34.9 Å². The van der Waals surface area contributed by atoms with Gasteiger partial charge in [-0.1, -0.05) is 0 Å². The first-order valence-corrected chi connectivity index (χ1v) is 11.4. The number of rotatable bonds is 4. The number of thiocarbonyl (C=S) groups is 1. The lowest BCUT2D eigenvalue weighted by Gasteiger charge is -2.30. The number of carbonyl (C=O) groups is 2. The average Bonchev–Trinajstić information content (AvgIpc) is 3.02. The topological polar surface area (TPSA) is 85.9 Å². The third-order valence-electron chi connectivity index (χ3n) is 4.70. The molecule has 2 N–H and O–H groups in total. The molecule has 3 rings (SSSR count). The molecule has 9 heteroatoms. The van der Waals surface area contributed by atoms with E-state index in [4.69, 9.17) is 26.4 Å². The first-order valence-electron chi connectivity index (χ1n) is 10.2. The fourth-order valence-corrected chi connectivity index (χ4v) is 4.62.